The highest BCUT2D eigenvalue weighted by molar-refractivity contribution is 7.91. The second kappa shape index (κ2) is 8.43. The number of rotatable bonds is 5. The molecule has 154 valence electrons. The summed E-state index contributed by atoms with van der Waals surface area (Å²) in [6.07, 6.45) is 1.04. The highest BCUT2D eigenvalue weighted by Crippen LogP contribution is 2.39. The average Bonchev–Trinajstić information content (AvgIpc) is 3.42. The summed E-state index contributed by atoms with van der Waals surface area (Å²) in [7, 11) is -3.79. The molecule has 0 bridgehead atoms. The van der Waals surface area contributed by atoms with Crippen LogP contribution in [-0.2, 0) is 14.8 Å². The lowest BCUT2D eigenvalue weighted by molar-refractivity contribution is -0.119. The maximum atomic E-state index is 12.9. The quantitative estimate of drug-likeness (QED) is 0.462. The predicted molar refractivity (Wildman–Crippen MR) is 120 cm³/mol. The maximum absolute atomic E-state index is 12.9. The van der Waals surface area contributed by atoms with Crippen molar-refractivity contribution in [1.82, 2.24) is 9.29 Å². The van der Waals surface area contributed by atoms with E-state index in [1.807, 2.05) is 0 Å². The molecule has 13 heteroatoms. The van der Waals surface area contributed by atoms with Crippen molar-refractivity contribution in [3.63, 3.8) is 0 Å². The molecule has 0 aliphatic carbocycles. The highest BCUT2D eigenvalue weighted by atomic mass is 35.5. The third-order valence-electron chi connectivity index (χ3n) is 4.28. The number of nitrogens with zero attached hydrogens (tertiary/aromatic N) is 2. The summed E-state index contributed by atoms with van der Waals surface area (Å²) >= 11 is 21.5. The molecular formula is C16H12Cl3N3O3S4. The molecule has 1 atom stereocenters. The number of aromatic nitrogens is 1. The van der Waals surface area contributed by atoms with Crippen molar-refractivity contribution in [2.75, 3.05) is 11.9 Å². The van der Waals surface area contributed by atoms with Gasteiger partial charge in [-0.25, -0.2) is 13.4 Å². The Morgan fingerprint density at radius 2 is 2.00 bits per heavy atom. The summed E-state index contributed by atoms with van der Waals surface area (Å²) < 4.78 is 28.6. The van der Waals surface area contributed by atoms with Crippen molar-refractivity contribution in [1.29, 1.82) is 0 Å². The minimum atomic E-state index is -3.79. The molecule has 1 N–H and O–H groups in total. The fourth-order valence-corrected chi connectivity index (χ4v) is 8.46. The predicted octanol–water partition coefficient (Wildman–Crippen LogP) is 5.69. The molecule has 0 saturated carbocycles. The van der Waals surface area contributed by atoms with Gasteiger partial charge in [-0.1, -0.05) is 34.8 Å². The van der Waals surface area contributed by atoms with E-state index in [2.05, 4.69) is 10.3 Å². The summed E-state index contributed by atoms with van der Waals surface area (Å²) in [4.78, 5) is 17.2. The molecule has 29 heavy (non-hydrogen) atoms. The minimum Gasteiger partial charge on any atom is -0.301 e. The molecule has 1 aliphatic rings. The number of carbonyl (C=O) groups is 1. The smallest absolute Gasteiger partial charge is 0.253 e. The number of sulfonamides is 1. The molecule has 3 aromatic heterocycles. The van der Waals surface area contributed by atoms with Gasteiger partial charge in [0.15, 0.2) is 5.13 Å². The van der Waals surface area contributed by atoms with E-state index in [1.165, 1.54) is 39.1 Å². The number of hydrogen-bond acceptors (Lipinski definition) is 7. The Morgan fingerprint density at radius 3 is 2.66 bits per heavy atom. The van der Waals surface area contributed by atoms with Crippen molar-refractivity contribution in [3.8, 4) is 11.3 Å². The number of carbonyl (C=O) groups excluding carboxylic acids is 1. The van der Waals surface area contributed by atoms with E-state index in [0.29, 0.717) is 42.2 Å². The Balaban J connectivity index is 1.52. The Morgan fingerprint density at radius 1 is 1.21 bits per heavy atom. The minimum absolute atomic E-state index is 0.128. The summed E-state index contributed by atoms with van der Waals surface area (Å²) in [5.41, 5.74) is 1.29. The zero-order chi connectivity index (χ0) is 20.8. The molecule has 1 aliphatic heterocycles. The van der Waals surface area contributed by atoms with Gasteiger partial charge in [-0.05, 0) is 31.0 Å². The summed E-state index contributed by atoms with van der Waals surface area (Å²) in [6.45, 7) is 0.280. The van der Waals surface area contributed by atoms with Crippen LogP contribution in [0, 0.1) is 0 Å². The fourth-order valence-electron chi connectivity index (χ4n) is 3.00. The zero-order valence-electron chi connectivity index (χ0n) is 14.4. The first-order chi connectivity index (χ1) is 13.8. The van der Waals surface area contributed by atoms with Gasteiger partial charge in [-0.2, -0.15) is 4.31 Å². The normalized spacial score (nSPS) is 17.7. The molecule has 4 rings (SSSR count). The van der Waals surface area contributed by atoms with Gasteiger partial charge < -0.3 is 5.32 Å². The molecule has 3 aromatic rings. The number of anilines is 1. The molecule has 0 aromatic carbocycles. The van der Waals surface area contributed by atoms with Crippen molar-refractivity contribution in [2.24, 2.45) is 0 Å². The largest absolute Gasteiger partial charge is 0.301 e. The maximum Gasteiger partial charge on any atom is 0.253 e. The van der Waals surface area contributed by atoms with Crippen molar-refractivity contribution < 1.29 is 13.2 Å². The first-order valence-electron chi connectivity index (χ1n) is 8.24. The fraction of sp³-hybridized carbons (Fsp3) is 0.250. The van der Waals surface area contributed by atoms with Gasteiger partial charge in [-0.3, -0.25) is 4.79 Å². The van der Waals surface area contributed by atoms with E-state index in [4.69, 9.17) is 34.8 Å². The van der Waals surface area contributed by atoms with Crippen molar-refractivity contribution in [2.45, 2.75) is 23.1 Å². The van der Waals surface area contributed by atoms with Crippen LogP contribution in [0.4, 0.5) is 5.13 Å². The van der Waals surface area contributed by atoms with Gasteiger partial charge >= 0.3 is 0 Å². The number of thiophene rings is 2. The molecule has 6 nitrogen and oxygen atoms in total. The third-order valence-corrected chi connectivity index (χ3v) is 10.1. The van der Waals surface area contributed by atoms with Gasteiger partial charge in [0.2, 0.25) is 5.91 Å². The molecule has 4 heterocycles. The summed E-state index contributed by atoms with van der Waals surface area (Å²) in [5.74, 6) is -0.413. The number of nitrogens with one attached hydrogen (secondary N) is 1. The molecule has 1 amide bonds. The van der Waals surface area contributed by atoms with E-state index >= 15 is 0 Å². The lowest BCUT2D eigenvalue weighted by Crippen LogP contribution is -2.42. The molecule has 1 fully saturated rings. The molecular weight excluding hydrogens is 517 g/mol. The van der Waals surface area contributed by atoms with Gasteiger partial charge in [0, 0.05) is 17.5 Å². The third kappa shape index (κ3) is 4.35. The van der Waals surface area contributed by atoms with Crippen LogP contribution in [0.5, 0.6) is 0 Å². The van der Waals surface area contributed by atoms with E-state index in [0.717, 1.165) is 11.3 Å². The van der Waals surface area contributed by atoms with E-state index in [1.54, 1.807) is 11.4 Å². The number of hydrogen-bond donors (Lipinski definition) is 1. The molecule has 0 radical (unpaired) electrons. The zero-order valence-corrected chi connectivity index (χ0v) is 19.9. The van der Waals surface area contributed by atoms with Crippen LogP contribution >= 0.6 is 68.8 Å². The Hall–Kier alpha value is -0.720. The number of halogens is 3. The summed E-state index contributed by atoms with van der Waals surface area (Å²) in [6, 6.07) is 3.90. The molecule has 1 unspecified atom stereocenters. The van der Waals surface area contributed by atoms with Gasteiger partial charge in [0.05, 0.1) is 14.4 Å². The lowest BCUT2D eigenvalue weighted by atomic mass is 10.2. The standard InChI is InChI=1S/C16H12Cl3N3O3S4/c17-11-3-4-13(27-11)29(24,25)22-5-1-2-10(22)15(23)21-16-20-9(7-26-16)8-6-12(18)28-14(8)19/h3-4,6-7,10H,1-2,5H2,(H,20,21,23). The topological polar surface area (TPSA) is 79.4 Å². The van der Waals surface area contributed by atoms with Crippen LogP contribution in [0.1, 0.15) is 12.8 Å². The van der Waals surface area contributed by atoms with Gasteiger partial charge in [0.1, 0.15) is 14.6 Å². The first-order valence-corrected chi connectivity index (χ1v) is 13.3. The Labute approximate surface area is 194 Å². The summed E-state index contributed by atoms with van der Waals surface area (Å²) in [5, 5.41) is 4.85. The van der Waals surface area contributed by atoms with Crippen molar-refractivity contribution >= 4 is 89.9 Å². The second-order valence-corrected chi connectivity index (χ2v) is 13.1. The van der Waals surface area contributed by atoms with Crippen LogP contribution in [0.2, 0.25) is 13.0 Å². The second-order valence-electron chi connectivity index (χ2n) is 6.10. The van der Waals surface area contributed by atoms with E-state index in [-0.39, 0.29) is 10.8 Å². The van der Waals surface area contributed by atoms with Crippen LogP contribution in [0.15, 0.2) is 27.8 Å². The molecule has 0 spiro atoms. The molecule has 1 saturated heterocycles. The van der Waals surface area contributed by atoms with Crippen LogP contribution in [-0.4, -0.2) is 36.2 Å². The Bertz CT molecular complexity index is 1170. The number of amides is 1. The van der Waals surface area contributed by atoms with Crippen molar-refractivity contribution in [3.05, 3.63) is 36.6 Å². The van der Waals surface area contributed by atoms with Crippen LogP contribution in [0.25, 0.3) is 11.3 Å². The monoisotopic (exact) mass is 527 g/mol. The van der Waals surface area contributed by atoms with Crippen LogP contribution in [0.3, 0.4) is 0 Å². The van der Waals surface area contributed by atoms with Gasteiger partial charge in [-0.15, -0.1) is 34.0 Å². The van der Waals surface area contributed by atoms with Gasteiger partial charge in [0.25, 0.3) is 10.0 Å². The Kier molecular flexibility index (Phi) is 6.25. The SMILES string of the molecule is O=C(Nc1nc(-c2cc(Cl)sc2Cl)cs1)C1CCCN1S(=O)(=O)c1ccc(Cl)s1. The highest BCUT2D eigenvalue weighted by Gasteiger charge is 2.40. The number of thiazole rings is 1. The van der Waals surface area contributed by atoms with E-state index in [9.17, 15) is 13.2 Å². The average molecular weight is 529 g/mol. The first kappa shape index (κ1) is 21.5. The lowest BCUT2D eigenvalue weighted by Gasteiger charge is -2.22. The van der Waals surface area contributed by atoms with Crippen LogP contribution < -0.4 is 5.32 Å². The van der Waals surface area contributed by atoms with E-state index < -0.39 is 22.0 Å².